The van der Waals surface area contributed by atoms with Crippen molar-refractivity contribution in [2.75, 3.05) is 11.1 Å². The van der Waals surface area contributed by atoms with Crippen molar-refractivity contribution in [1.29, 1.82) is 0 Å². The summed E-state index contributed by atoms with van der Waals surface area (Å²) in [5.74, 6) is 1.59. The number of nitrogens with one attached hydrogen (secondary N) is 1. The topological polar surface area (TPSA) is 50.9 Å². The first-order chi connectivity index (χ1) is 9.11. The van der Waals surface area contributed by atoms with E-state index in [1.54, 1.807) is 11.3 Å². The Morgan fingerprint density at radius 1 is 1.32 bits per heavy atom. The number of rotatable bonds is 2. The minimum atomic E-state index is 0.564. The summed E-state index contributed by atoms with van der Waals surface area (Å²) in [5, 5.41) is 4.66. The number of nitrogen functional groups attached to an aromatic ring is 1. The Balaban J connectivity index is 1.77. The van der Waals surface area contributed by atoms with Gasteiger partial charge in [0.25, 0.3) is 0 Å². The molecule has 1 aliphatic carbocycles. The van der Waals surface area contributed by atoms with E-state index < -0.39 is 0 Å². The predicted molar refractivity (Wildman–Crippen MR) is 83.6 cm³/mol. The number of fused-ring (bicyclic) bond motifs is 1. The number of hydrogen-bond acceptors (Lipinski definition) is 4. The lowest BCUT2D eigenvalue weighted by Gasteiger charge is -2.33. The summed E-state index contributed by atoms with van der Waals surface area (Å²) in [4.78, 5) is 4.65. The van der Waals surface area contributed by atoms with E-state index in [0.29, 0.717) is 6.04 Å². The third-order valence-corrected chi connectivity index (χ3v) is 5.10. The van der Waals surface area contributed by atoms with Gasteiger partial charge in [0.05, 0.1) is 10.2 Å². The average Bonchev–Trinajstić information content (AvgIpc) is 2.74. The quantitative estimate of drug-likeness (QED) is 0.811. The molecular weight excluding hydrogens is 254 g/mol. The first-order valence-electron chi connectivity index (χ1n) is 7.04. The van der Waals surface area contributed by atoms with Gasteiger partial charge in [0.1, 0.15) is 0 Å². The third kappa shape index (κ3) is 2.68. The Morgan fingerprint density at radius 2 is 2.16 bits per heavy atom. The molecule has 3 rings (SSSR count). The summed E-state index contributed by atoms with van der Waals surface area (Å²) in [5.41, 5.74) is 7.66. The molecule has 0 spiro atoms. The Kier molecular flexibility index (Phi) is 3.35. The maximum atomic E-state index is 5.81. The lowest BCUT2D eigenvalue weighted by Crippen LogP contribution is -2.32. The van der Waals surface area contributed by atoms with E-state index in [0.717, 1.165) is 28.2 Å². The van der Waals surface area contributed by atoms with Crippen molar-refractivity contribution < 1.29 is 0 Å². The molecule has 3 N–H and O–H groups in total. The largest absolute Gasteiger partial charge is 0.399 e. The fourth-order valence-electron chi connectivity index (χ4n) is 3.04. The molecule has 2 aromatic rings. The Hall–Kier alpha value is -1.29. The summed E-state index contributed by atoms with van der Waals surface area (Å²) in [6, 6.07) is 6.48. The van der Waals surface area contributed by atoms with Gasteiger partial charge in [-0.25, -0.2) is 4.98 Å². The van der Waals surface area contributed by atoms with Gasteiger partial charge in [0.15, 0.2) is 5.13 Å². The Bertz CT molecular complexity index is 578. The standard InChI is InChI=1S/C15H21N3S/c1-9-3-5-12(10(2)7-9)17-15-18-13-6-4-11(16)8-14(13)19-15/h4,6,8-10,12H,3,5,7,16H2,1-2H3,(H,17,18). The fraction of sp³-hybridized carbons (Fsp3) is 0.533. The highest BCUT2D eigenvalue weighted by molar-refractivity contribution is 7.22. The number of hydrogen-bond donors (Lipinski definition) is 2. The van der Waals surface area contributed by atoms with Crippen molar-refractivity contribution in [3.05, 3.63) is 18.2 Å². The van der Waals surface area contributed by atoms with Gasteiger partial charge in [-0.05, 0) is 49.3 Å². The smallest absolute Gasteiger partial charge is 0.184 e. The molecule has 0 radical (unpaired) electrons. The van der Waals surface area contributed by atoms with Crippen molar-refractivity contribution in [3.8, 4) is 0 Å². The van der Waals surface area contributed by atoms with Crippen LogP contribution in [0.5, 0.6) is 0 Å². The molecule has 0 bridgehead atoms. The minimum Gasteiger partial charge on any atom is -0.399 e. The molecule has 102 valence electrons. The fourth-order valence-corrected chi connectivity index (χ4v) is 4.02. The normalized spacial score (nSPS) is 27.6. The SMILES string of the molecule is CC1CCC(Nc2nc3ccc(N)cc3s2)C(C)C1. The zero-order valence-corrected chi connectivity index (χ0v) is 12.3. The maximum Gasteiger partial charge on any atom is 0.184 e. The molecule has 19 heavy (non-hydrogen) atoms. The van der Waals surface area contributed by atoms with E-state index >= 15 is 0 Å². The second-order valence-electron chi connectivity index (χ2n) is 5.89. The minimum absolute atomic E-state index is 0.564. The molecule has 1 fully saturated rings. The molecular formula is C15H21N3S. The van der Waals surface area contributed by atoms with Crippen LogP contribution in [-0.4, -0.2) is 11.0 Å². The van der Waals surface area contributed by atoms with Crippen LogP contribution in [0.2, 0.25) is 0 Å². The van der Waals surface area contributed by atoms with Crippen LogP contribution in [0.4, 0.5) is 10.8 Å². The first kappa shape index (κ1) is 12.7. The van der Waals surface area contributed by atoms with E-state index in [4.69, 9.17) is 5.73 Å². The van der Waals surface area contributed by atoms with Crippen LogP contribution in [0.1, 0.15) is 33.1 Å². The average molecular weight is 275 g/mol. The van der Waals surface area contributed by atoms with Crippen LogP contribution in [0, 0.1) is 11.8 Å². The van der Waals surface area contributed by atoms with Gasteiger partial charge in [0.2, 0.25) is 0 Å². The van der Waals surface area contributed by atoms with E-state index in [1.807, 2.05) is 18.2 Å². The summed E-state index contributed by atoms with van der Waals surface area (Å²) in [6.07, 6.45) is 3.88. The molecule has 1 heterocycles. The van der Waals surface area contributed by atoms with Gasteiger partial charge in [-0.15, -0.1) is 0 Å². The lowest BCUT2D eigenvalue weighted by molar-refractivity contribution is 0.276. The van der Waals surface area contributed by atoms with Crippen LogP contribution in [0.15, 0.2) is 18.2 Å². The molecule has 3 unspecified atom stereocenters. The van der Waals surface area contributed by atoms with Crippen molar-refractivity contribution in [2.24, 2.45) is 11.8 Å². The maximum absolute atomic E-state index is 5.81. The number of anilines is 2. The van der Waals surface area contributed by atoms with Crippen LogP contribution in [-0.2, 0) is 0 Å². The highest BCUT2D eigenvalue weighted by Crippen LogP contribution is 2.33. The number of nitrogens with zero attached hydrogens (tertiary/aromatic N) is 1. The molecule has 0 aliphatic heterocycles. The molecule has 0 amide bonds. The highest BCUT2D eigenvalue weighted by atomic mass is 32.1. The van der Waals surface area contributed by atoms with E-state index in [2.05, 4.69) is 24.1 Å². The second-order valence-corrected chi connectivity index (χ2v) is 6.92. The van der Waals surface area contributed by atoms with Gasteiger partial charge in [-0.2, -0.15) is 0 Å². The van der Waals surface area contributed by atoms with E-state index in [1.165, 1.54) is 24.0 Å². The van der Waals surface area contributed by atoms with Crippen LogP contribution in [0.25, 0.3) is 10.2 Å². The lowest BCUT2D eigenvalue weighted by atomic mass is 9.80. The van der Waals surface area contributed by atoms with Crippen LogP contribution >= 0.6 is 11.3 Å². The van der Waals surface area contributed by atoms with Gasteiger partial charge >= 0.3 is 0 Å². The van der Waals surface area contributed by atoms with Gasteiger partial charge in [-0.3, -0.25) is 0 Å². The summed E-state index contributed by atoms with van der Waals surface area (Å²) in [7, 11) is 0. The van der Waals surface area contributed by atoms with Gasteiger partial charge in [0, 0.05) is 11.7 Å². The summed E-state index contributed by atoms with van der Waals surface area (Å²) < 4.78 is 1.17. The van der Waals surface area contributed by atoms with Gasteiger partial charge < -0.3 is 11.1 Å². The molecule has 3 nitrogen and oxygen atoms in total. The number of nitrogens with two attached hydrogens (primary N) is 1. The number of aromatic nitrogens is 1. The Labute approximate surface area is 118 Å². The van der Waals surface area contributed by atoms with E-state index in [9.17, 15) is 0 Å². The van der Waals surface area contributed by atoms with Crippen molar-refractivity contribution in [1.82, 2.24) is 4.98 Å². The first-order valence-corrected chi connectivity index (χ1v) is 7.86. The molecule has 1 aromatic carbocycles. The molecule has 4 heteroatoms. The molecule has 1 aliphatic rings. The highest BCUT2D eigenvalue weighted by Gasteiger charge is 2.25. The molecule has 1 aromatic heterocycles. The van der Waals surface area contributed by atoms with Crippen molar-refractivity contribution >= 4 is 32.4 Å². The number of thiazole rings is 1. The zero-order valence-electron chi connectivity index (χ0n) is 11.5. The predicted octanol–water partition coefficient (Wildman–Crippen LogP) is 4.12. The van der Waals surface area contributed by atoms with Crippen LogP contribution in [0.3, 0.4) is 0 Å². The van der Waals surface area contributed by atoms with Crippen molar-refractivity contribution in [3.63, 3.8) is 0 Å². The van der Waals surface area contributed by atoms with Crippen LogP contribution < -0.4 is 11.1 Å². The number of benzene rings is 1. The molecule has 3 atom stereocenters. The third-order valence-electron chi connectivity index (χ3n) is 4.15. The van der Waals surface area contributed by atoms with Gasteiger partial charge in [-0.1, -0.05) is 25.2 Å². The molecule has 0 saturated heterocycles. The van der Waals surface area contributed by atoms with Crippen molar-refractivity contribution in [2.45, 2.75) is 39.2 Å². The monoisotopic (exact) mass is 275 g/mol. The summed E-state index contributed by atoms with van der Waals surface area (Å²) in [6.45, 7) is 4.70. The second kappa shape index (κ2) is 5.00. The van der Waals surface area contributed by atoms with E-state index in [-0.39, 0.29) is 0 Å². The Morgan fingerprint density at radius 3 is 2.95 bits per heavy atom. The summed E-state index contributed by atoms with van der Waals surface area (Å²) >= 11 is 1.71. The molecule has 1 saturated carbocycles. The zero-order chi connectivity index (χ0) is 13.4.